The molecule has 29 heavy (non-hydrogen) atoms. The number of nitriles is 1. The second-order valence-corrected chi connectivity index (χ2v) is 8.33. The van der Waals surface area contributed by atoms with Crippen LogP contribution in [0.5, 0.6) is 0 Å². The Labute approximate surface area is 170 Å². The molecule has 1 aliphatic rings. The van der Waals surface area contributed by atoms with Crippen LogP contribution in [0.15, 0.2) is 36.5 Å². The van der Waals surface area contributed by atoms with E-state index in [1.54, 1.807) is 0 Å². The summed E-state index contributed by atoms with van der Waals surface area (Å²) in [6.45, 7) is 6.70. The zero-order valence-corrected chi connectivity index (χ0v) is 16.8. The fraction of sp³-hybridized carbons (Fsp3) is 0.333. The fourth-order valence-electron chi connectivity index (χ4n) is 4.80. The quantitative estimate of drug-likeness (QED) is 0.456. The molecule has 2 aromatic carbocycles. The number of benzene rings is 2. The van der Waals surface area contributed by atoms with Gasteiger partial charge < -0.3 is 10.3 Å². The van der Waals surface area contributed by atoms with Gasteiger partial charge in [-0.3, -0.25) is 5.10 Å². The minimum atomic E-state index is 0.375. The molecule has 2 aromatic heterocycles. The second-order valence-electron chi connectivity index (χ2n) is 8.33. The summed E-state index contributed by atoms with van der Waals surface area (Å²) in [6.07, 6.45) is 4.22. The Morgan fingerprint density at radius 3 is 2.69 bits per heavy atom. The largest absolute Gasteiger partial charge is 0.354 e. The minimum Gasteiger partial charge on any atom is -0.354 e. The number of aromatic nitrogens is 3. The highest BCUT2D eigenvalue weighted by Gasteiger charge is 2.21. The van der Waals surface area contributed by atoms with E-state index in [0.717, 1.165) is 35.2 Å². The summed E-state index contributed by atoms with van der Waals surface area (Å²) < 4.78 is 0. The molecule has 1 aliphatic heterocycles. The molecule has 0 spiro atoms. The lowest BCUT2D eigenvalue weighted by atomic mass is 9.88. The summed E-state index contributed by atoms with van der Waals surface area (Å²) in [4.78, 5) is 3.67. The Kier molecular flexibility index (Phi) is 4.37. The van der Waals surface area contributed by atoms with Gasteiger partial charge in [0.15, 0.2) is 0 Å². The summed E-state index contributed by atoms with van der Waals surface area (Å²) in [5, 5.41) is 22.4. The van der Waals surface area contributed by atoms with Gasteiger partial charge in [0.05, 0.1) is 23.0 Å². The Morgan fingerprint density at radius 2 is 1.93 bits per heavy atom. The van der Waals surface area contributed by atoms with Crippen LogP contribution in [0.3, 0.4) is 0 Å². The molecule has 0 aliphatic carbocycles. The summed E-state index contributed by atoms with van der Waals surface area (Å²) in [7, 11) is 0. The normalized spacial score (nSPS) is 15.4. The van der Waals surface area contributed by atoms with Crippen molar-refractivity contribution in [2.24, 2.45) is 0 Å². The first-order chi connectivity index (χ1) is 14.2. The molecule has 5 heteroatoms. The van der Waals surface area contributed by atoms with E-state index in [1.807, 2.05) is 18.3 Å². The van der Waals surface area contributed by atoms with E-state index in [0.29, 0.717) is 17.4 Å². The van der Waals surface area contributed by atoms with Gasteiger partial charge in [0.2, 0.25) is 0 Å². The maximum absolute atomic E-state index is 9.42. The monoisotopic (exact) mass is 383 g/mol. The number of piperidine rings is 1. The van der Waals surface area contributed by atoms with Crippen LogP contribution in [0.4, 0.5) is 0 Å². The van der Waals surface area contributed by atoms with Gasteiger partial charge in [-0.05, 0) is 67.1 Å². The number of nitrogens with zero attached hydrogens (tertiary/aromatic N) is 2. The van der Waals surface area contributed by atoms with Crippen molar-refractivity contribution in [3.63, 3.8) is 0 Å². The van der Waals surface area contributed by atoms with Crippen LogP contribution in [0, 0.1) is 11.3 Å². The lowest BCUT2D eigenvalue weighted by Gasteiger charge is -2.23. The molecule has 1 saturated heterocycles. The molecule has 4 aromatic rings. The molecule has 0 saturated carbocycles. The predicted molar refractivity (Wildman–Crippen MR) is 117 cm³/mol. The Morgan fingerprint density at radius 1 is 1.10 bits per heavy atom. The third kappa shape index (κ3) is 2.92. The van der Waals surface area contributed by atoms with Crippen LogP contribution in [0.1, 0.15) is 55.2 Å². The van der Waals surface area contributed by atoms with Crippen molar-refractivity contribution in [1.82, 2.24) is 20.5 Å². The molecule has 146 valence electrons. The highest BCUT2D eigenvalue weighted by molar-refractivity contribution is 6.01. The van der Waals surface area contributed by atoms with Crippen molar-refractivity contribution >= 4 is 21.8 Å². The molecule has 0 radical (unpaired) electrons. The summed E-state index contributed by atoms with van der Waals surface area (Å²) in [6, 6.07) is 13.1. The van der Waals surface area contributed by atoms with Crippen molar-refractivity contribution < 1.29 is 0 Å². The van der Waals surface area contributed by atoms with E-state index >= 15 is 0 Å². The van der Waals surface area contributed by atoms with Gasteiger partial charge in [0, 0.05) is 21.9 Å². The average molecular weight is 383 g/mol. The molecule has 0 atom stereocenters. The maximum atomic E-state index is 9.42. The van der Waals surface area contributed by atoms with Crippen LogP contribution in [0.2, 0.25) is 0 Å². The molecule has 3 N–H and O–H groups in total. The van der Waals surface area contributed by atoms with Gasteiger partial charge in [0.25, 0.3) is 0 Å². The molecule has 5 nitrogen and oxygen atoms in total. The lowest BCUT2D eigenvalue weighted by molar-refractivity contribution is 0.460. The van der Waals surface area contributed by atoms with Crippen molar-refractivity contribution in [1.29, 1.82) is 5.26 Å². The molecular weight excluding hydrogens is 358 g/mol. The van der Waals surface area contributed by atoms with Crippen LogP contribution < -0.4 is 5.32 Å². The number of fused-ring (bicyclic) bond motifs is 2. The van der Waals surface area contributed by atoms with Crippen LogP contribution >= 0.6 is 0 Å². The first-order valence-electron chi connectivity index (χ1n) is 10.4. The van der Waals surface area contributed by atoms with Gasteiger partial charge in [-0.15, -0.1) is 0 Å². The van der Waals surface area contributed by atoms with E-state index in [-0.39, 0.29) is 0 Å². The second kappa shape index (κ2) is 7.06. The smallest absolute Gasteiger partial charge is 0.101 e. The van der Waals surface area contributed by atoms with Gasteiger partial charge in [0.1, 0.15) is 6.07 Å². The highest BCUT2D eigenvalue weighted by atomic mass is 15.1. The van der Waals surface area contributed by atoms with E-state index in [9.17, 15) is 5.26 Å². The van der Waals surface area contributed by atoms with Crippen molar-refractivity contribution in [2.45, 2.75) is 38.5 Å². The summed E-state index contributed by atoms with van der Waals surface area (Å²) in [5.74, 6) is 1.01. The molecular formula is C24H25N5. The average Bonchev–Trinajstić information content (AvgIpc) is 3.38. The Balaban J connectivity index is 1.72. The topological polar surface area (TPSA) is 80.3 Å². The number of hydrogen-bond acceptors (Lipinski definition) is 3. The van der Waals surface area contributed by atoms with Crippen LogP contribution in [-0.4, -0.2) is 28.3 Å². The number of hydrogen-bond donors (Lipinski definition) is 3. The van der Waals surface area contributed by atoms with Gasteiger partial charge in [-0.2, -0.15) is 10.4 Å². The van der Waals surface area contributed by atoms with Crippen molar-refractivity contribution in [3.05, 3.63) is 53.2 Å². The van der Waals surface area contributed by atoms with E-state index in [2.05, 4.69) is 58.6 Å². The number of rotatable bonds is 3. The SMILES string of the molecule is CC(C)c1c(-c2ccc(C#N)c3[nH]ncc23)[nH]c2ccc(C3CCNCC3)cc12. The van der Waals surface area contributed by atoms with Gasteiger partial charge in [-0.1, -0.05) is 26.0 Å². The molecule has 0 bridgehead atoms. The van der Waals surface area contributed by atoms with E-state index in [4.69, 9.17) is 0 Å². The lowest BCUT2D eigenvalue weighted by Crippen LogP contribution is -2.26. The Hall–Kier alpha value is -3.10. The highest BCUT2D eigenvalue weighted by Crippen LogP contribution is 2.40. The zero-order chi connectivity index (χ0) is 20.0. The third-order valence-corrected chi connectivity index (χ3v) is 6.26. The van der Waals surface area contributed by atoms with Gasteiger partial charge in [-0.25, -0.2) is 0 Å². The van der Waals surface area contributed by atoms with Crippen molar-refractivity contribution in [3.8, 4) is 17.3 Å². The molecule has 5 rings (SSSR count). The fourth-order valence-corrected chi connectivity index (χ4v) is 4.80. The summed E-state index contributed by atoms with van der Waals surface area (Å²) >= 11 is 0. The molecule has 3 heterocycles. The summed E-state index contributed by atoms with van der Waals surface area (Å²) in [5.41, 5.74) is 7.60. The Bertz CT molecular complexity index is 1230. The molecule has 0 amide bonds. The zero-order valence-electron chi connectivity index (χ0n) is 16.8. The maximum Gasteiger partial charge on any atom is 0.101 e. The number of aromatic amines is 2. The molecule has 1 fully saturated rings. The standard InChI is InChI=1S/C24H25N5/c1-14(2)22-19-11-16(15-7-9-26-10-8-15)4-6-21(19)28-24(22)18-5-3-17(12-25)23-20(18)13-27-29-23/h3-6,11,13-15,26,28H,7-10H2,1-2H3,(H,27,29). The van der Waals surface area contributed by atoms with Crippen molar-refractivity contribution in [2.75, 3.05) is 13.1 Å². The van der Waals surface area contributed by atoms with Gasteiger partial charge >= 0.3 is 0 Å². The first-order valence-corrected chi connectivity index (χ1v) is 10.4. The predicted octanol–water partition coefficient (Wildman–Crippen LogP) is 5.17. The minimum absolute atomic E-state index is 0.375. The molecule has 0 unspecified atom stereocenters. The third-order valence-electron chi connectivity index (χ3n) is 6.26. The van der Waals surface area contributed by atoms with E-state index in [1.165, 1.54) is 34.9 Å². The number of H-pyrrole nitrogens is 2. The van der Waals surface area contributed by atoms with Crippen LogP contribution in [0.25, 0.3) is 33.1 Å². The van der Waals surface area contributed by atoms with Crippen LogP contribution in [-0.2, 0) is 0 Å². The first kappa shape index (κ1) is 18.0. The number of nitrogens with one attached hydrogen (secondary N) is 3. The van der Waals surface area contributed by atoms with E-state index < -0.39 is 0 Å².